The number of carboxylic acid groups (broad SMARTS) is 1. The monoisotopic (exact) mass is 688 g/mol. The van der Waals surface area contributed by atoms with Crippen molar-refractivity contribution in [3.63, 3.8) is 0 Å². The van der Waals surface area contributed by atoms with E-state index in [4.69, 9.17) is 9.47 Å². The van der Waals surface area contributed by atoms with Gasteiger partial charge < -0.3 is 35.4 Å². The second-order valence-corrected chi connectivity index (χ2v) is 13.9. The van der Waals surface area contributed by atoms with Crippen molar-refractivity contribution in [2.24, 2.45) is 23.7 Å². The van der Waals surface area contributed by atoms with Gasteiger partial charge in [-0.1, -0.05) is 6.07 Å². The van der Waals surface area contributed by atoms with Gasteiger partial charge in [0.25, 0.3) is 15.7 Å². The predicted octanol–water partition coefficient (Wildman–Crippen LogP) is 2.87. The molecule has 5 rings (SSSR count). The molecule has 0 radical (unpaired) electrons. The Kier molecular flexibility index (Phi) is 9.45. The minimum absolute atomic E-state index is 0.0990. The topological polar surface area (TPSA) is 189 Å². The van der Waals surface area contributed by atoms with Gasteiger partial charge in [0, 0.05) is 29.6 Å². The number of aliphatic hydroxyl groups is 2. The number of sulfone groups is 1. The number of methoxy groups -OCH3 is 1. The van der Waals surface area contributed by atoms with Crippen LogP contribution in [0.25, 0.3) is 0 Å². The number of amides is 2. The van der Waals surface area contributed by atoms with Crippen molar-refractivity contribution in [2.45, 2.75) is 66.9 Å². The third-order valence-electron chi connectivity index (χ3n) is 9.21. The third-order valence-corrected chi connectivity index (χ3v) is 10.7. The molecule has 0 spiro atoms. The van der Waals surface area contributed by atoms with Crippen LogP contribution in [0.2, 0.25) is 0 Å². The number of halogens is 4. The molecule has 3 saturated carbocycles. The van der Waals surface area contributed by atoms with Crippen LogP contribution in [-0.4, -0.2) is 78.5 Å². The number of aliphatic hydroxyl groups excluding tert-OH is 2. The zero-order valence-electron chi connectivity index (χ0n) is 24.7. The number of aliphatic carboxylic acids is 1. The number of hydrogen-bond donors (Lipinski definition) is 5. The molecule has 12 nitrogen and oxygen atoms in total. The van der Waals surface area contributed by atoms with Crippen LogP contribution < -0.4 is 20.1 Å². The summed E-state index contributed by atoms with van der Waals surface area (Å²) in [5, 5.41) is 35.4. The van der Waals surface area contributed by atoms with Crippen molar-refractivity contribution in [2.75, 3.05) is 12.4 Å². The van der Waals surface area contributed by atoms with Crippen molar-refractivity contribution in [1.82, 2.24) is 5.32 Å². The first-order valence-electron chi connectivity index (χ1n) is 14.7. The standard InChI is InChI=1S/C30H32F4N2O10S/c1-45-21-12-20(31)22(46-15-7-5-13(6-8-15)29(41)42)11-17(21)27(39)36-24-19-10-18(25(37)26(19)38)23(24)28(40)35-14-3-2-4-16(9-14)47(43,44)30(32,33)34/h2-4,9,11-13,15,18-19,23-26,37-38H,5-8,10H2,1H3,(H,35,40)(H,36,39)(H,41,42)/t13-,15+,18-,19+,23+,24-,25-,26+/m1/s1. The number of benzene rings is 2. The van der Waals surface area contributed by atoms with Gasteiger partial charge >= 0.3 is 11.5 Å². The molecule has 0 aromatic heterocycles. The number of ether oxygens (including phenoxy) is 2. The normalized spacial score (nSPS) is 28.8. The number of carboxylic acids is 1. The molecular weight excluding hydrogens is 656 g/mol. The summed E-state index contributed by atoms with van der Waals surface area (Å²) in [6.45, 7) is 0. The number of anilines is 1. The van der Waals surface area contributed by atoms with Gasteiger partial charge in [0.15, 0.2) is 11.6 Å². The number of hydrogen-bond acceptors (Lipinski definition) is 9. The van der Waals surface area contributed by atoms with Gasteiger partial charge in [0.05, 0.1) is 47.7 Å². The van der Waals surface area contributed by atoms with Crippen LogP contribution >= 0.6 is 0 Å². The van der Waals surface area contributed by atoms with Crippen LogP contribution in [0.4, 0.5) is 23.2 Å². The fourth-order valence-electron chi connectivity index (χ4n) is 6.81. The van der Waals surface area contributed by atoms with Gasteiger partial charge in [-0.3, -0.25) is 14.4 Å². The highest BCUT2D eigenvalue weighted by atomic mass is 32.2. The van der Waals surface area contributed by atoms with Gasteiger partial charge in [0.2, 0.25) is 5.91 Å². The van der Waals surface area contributed by atoms with E-state index in [0.717, 1.165) is 18.2 Å². The highest BCUT2D eigenvalue weighted by molar-refractivity contribution is 7.92. The molecule has 3 aliphatic carbocycles. The smallest absolute Gasteiger partial charge is 0.496 e. The van der Waals surface area contributed by atoms with E-state index in [1.807, 2.05) is 0 Å². The SMILES string of the molecule is COc1cc(F)c(O[C@H]2CC[C@@H](C(=O)O)CC2)cc1C(=O)N[C@@H]1[C@@H]2C[C@@H]([C@@H](O)[C@H]2O)[C@@H]1C(=O)Nc1cccc(S(=O)(=O)C(F)(F)F)c1. The highest BCUT2D eigenvalue weighted by Gasteiger charge is 2.60. The second-order valence-electron chi connectivity index (χ2n) is 11.9. The first kappa shape index (κ1) is 34.4. The zero-order chi connectivity index (χ0) is 34.4. The summed E-state index contributed by atoms with van der Waals surface area (Å²) >= 11 is 0. The molecule has 0 unspecified atom stereocenters. The van der Waals surface area contributed by atoms with Crippen LogP contribution in [0.1, 0.15) is 42.5 Å². The molecule has 17 heteroatoms. The van der Waals surface area contributed by atoms with E-state index in [1.165, 1.54) is 13.2 Å². The van der Waals surface area contributed by atoms with Crippen LogP contribution in [0.5, 0.6) is 11.5 Å². The molecule has 6 atom stereocenters. The van der Waals surface area contributed by atoms with Gasteiger partial charge in [-0.2, -0.15) is 13.2 Å². The van der Waals surface area contributed by atoms with Crippen molar-refractivity contribution in [3.05, 3.63) is 47.8 Å². The fourth-order valence-corrected chi connectivity index (χ4v) is 7.62. The molecule has 47 heavy (non-hydrogen) atoms. The summed E-state index contributed by atoms with van der Waals surface area (Å²) in [7, 11) is -4.52. The number of carbonyl (C=O) groups is 3. The lowest BCUT2D eigenvalue weighted by molar-refractivity contribution is -0.143. The number of carbonyl (C=O) groups excluding carboxylic acids is 2. The molecule has 0 saturated heterocycles. The minimum Gasteiger partial charge on any atom is -0.496 e. The Morgan fingerprint density at radius 1 is 0.957 bits per heavy atom. The molecule has 2 aromatic rings. The summed E-state index contributed by atoms with van der Waals surface area (Å²) in [5.41, 5.74) is -6.06. The molecule has 2 bridgehead atoms. The van der Waals surface area contributed by atoms with E-state index in [2.05, 4.69) is 10.6 Å². The molecule has 3 aliphatic rings. The molecule has 5 N–H and O–H groups in total. The Morgan fingerprint density at radius 3 is 2.23 bits per heavy atom. The van der Waals surface area contributed by atoms with E-state index in [9.17, 15) is 55.7 Å². The maximum atomic E-state index is 15.0. The lowest BCUT2D eigenvalue weighted by Gasteiger charge is -2.36. The molecule has 3 fully saturated rings. The van der Waals surface area contributed by atoms with Gasteiger partial charge in [-0.25, -0.2) is 12.8 Å². The maximum absolute atomic E-state index is 15.0. The van der Waals surface area contributed by atoms with E-state index in [-0.39, 0.29) is 29.2 Å². The molecule has 2 aromatic carbocycles. The summed E-state index contributed by atoms with van der Waals surface area (Å²) in [4.78, 5) is 37.3. The highest BCUT2D eigenvalue weighted by Crippen LogP contribution is 2.49. The van der Waals surface area contributed by atoms with Crippen molar-refractivity contribution >= 4 is 33.3 Å². The van der Waals surface area contributed by atoms with Crippen LogP contribution in [0.3, 0.4) is 0 Å². The lowest BCUT2D eigenvalue weighted by Crippen LogP contribution is -2.55. The average Bonchev–Trinajstić information content (AvgIpc) is 3.52. The Hall–Kier alpha value is -3.96. The van der Waals surface area contributed by atoms with Crippen molar-refractivity contribution in [3.8, 4) is 11.5 Å². The first-order chi connectivity index (χ1) is 22.0. The molecule has 0 aliphatic heterocycles. The Bertz CT molecular complexity index is 1660. The van der Waals surface area contributed by atoms with Crippen LogP contribution in [0.15, 0.2) is 41.3 Å². The fraction of sp³-hybridized carbons (Fsp3) is 0.500. The quantitative estimate of drug-likeness (QED) is 0.245. The summed E-state index contributed by atoms with van der Waals surface area (Å²) in [6, 6.07) is 4.44. The van der Waals surface area contributed by atoms with Crippen molar-refractivity contribution in [1.29, 1.82) is 0 Å². The van der Waals surface area contributed by atoms with E-state index in [0.29, 0.717) is 37.8 Å². The van der Waals surface area contributed by atoms with Gasteiger partial charge in [-0.15, -0.1) is 0 Å². The van der Waals surface area contributed by atoms with E-state index >= 15 is 0 Å². The number of fused-ring (bicyclic) bond motifs is 2. The molecule has 0 heterocycles. The number of rotatable bonds is 9. The minimum atomic E-state index is -5.72. The van der Waals surface area contributed by atoms with Crippen LogP contribution in [0, 0.1) is 29.5 Å². The van der Waals surface area contributed by atoms with E-state index < -0.39 is 91.9 Å². The number of alkyl halides is 3. The Balaban J connectivity index is 1.37. The average molecular weight is 689 g/mol. The zero-order valence-corrected chi connectivity index (χ0v) is 25.6. The summed E-state index contributed by atoms with van der Waals surface area (Å²) in [5.74, 6) is -7.40. The lowest BCUT2D eigenvalue weighted by atomic mass is 9.80. The third kappa shape index (κ3) is 6.60. The maximum Gasteiger partial charge on any atom is 0.501 e. The summed E-state index contributed by atoms with van der Waals surface area (Å²) in [6.07, 6.45) is -1.76. The molecule has 2 amide bonds. The first-order valence-corrected chi connectivity index (χ1v) is 16.2. The Morgan fingerprint density at radius 2 is 1.62 bits per heavy atom. The van der Waals surface area contributed by atoms with Gasteiger partial charge in [-0.05, 0) is 56.4 Å². The Labute approximate surface area is 266 Å². The van der Waals surface area contributed by atoms with Crippen LogP contribution in [-0.2, 0) is 19.4 Å². The van der Waals surface area contributed by atoms with Gasteiger partial charge in [0.1, 0.15) is 5.75 Å². The molecule has 256 valence electrons. The van der Waals surface area contributed by atoms with E-state index in [1.54, 1.807) is 0 Å². The largest absolute Gasteiger partial charge is 0.501 e. The van der Waals surface area contributed by atoms with Crippen molar-refractivity contribution < 1.29 is 65.2 Å². The summed E-state index contributed by atoms with van der Waals surface area (Å²) < 4.78 is 89.0. The molecular formula is C30H32F4N2O10S. The predicted molar refractivity (Wildman–Crippen MR) is 154 cm³/mol. The number of nitrogens with one attached hydrogen (secondary N) is 2. The second kappa shape index (κ2) is 12.9.